The van der Waals surface area contributed by atoms with E-state index in [-0.39, 0.29) is 11.9 Å². The van der Waals surface area contributed by atoms with Gasteiger partial charge < -0.3 is 15.5 Å². The van der Waals surface area contributed by atoms with E-state index in [1.807, 2.05) is 24.3 Å². The molecule has 0 radical (unpaired) electrons. The molecule has 0 aromatic heterocycles. The quantitative estimate of drug-likeness (QED) is 0.790. The maximum Gasteiger partial charge on any atom is 0.319 e. The van der Waals surface area contributed by atoms with Gasteiger partial charge in [-0.05, 0) is 31.0 Å². The summed E-state index contributed by atoms with van der Waals surface area (Å²) in [6.07, 6.45) is 4.75. The number of rotatable bonds is 6. The smallest absolute Gasteiger partial charge is 0.319 e. The van der Waals surface area contributed by atoms with Crippen LogP contribution in [-0.4, -0.2) is 25.0 Å². The molecule has 1 aromatic rings. The van der Waals surface area contributed by atoms with Crippen molar-refractivity contribution in [2.45, 2.75) is 39.0 Å². The molecule has 2 N–H and O–H groups in total. The van der Waals surface area contributed by atoms with E-state index in [1.165, 1.54) is 0 Å². The molecule has 1 fully saturated rings. The minimum absolute atomic E-state index is 0.149. The lowest BCUT2D eigenvalue weighted by Crippen LogP contribution is -2.29. The summed E-state index contributed by atoms with van der Waals surface area (Å²) in [6.45, 7) is 3.57. The van der Waals surface area contributed by atoms with Crippen LogP contribution in [-0.2, 0) is 4.79 Å². The fraction of sp³-hybridized carbons (Fsp3) is 0.500. The van der Waals surface area contributed by atoms with Crippen molar-refractivity contribution in [2.24, 2.45) is 0 Å². The summed E-state index contributed by atoms with van der Waals surface area (Å²) in [5, 5.41) is 5.64. The Kier molecular flexibility index (Phi) is 5.60. The predicted molar refractivity (Wildman–Crippen MR) is 84.6 cm³/mol. The Balaban J connectivity index is 1.89. The van der Waals surface area contributed by atoms with Gasteiger partial charge >= 0.3 is 6.03 Å². The van der Waals surface area contributed by atoms with Crippen LogP contribution in [0.2, 0.25) is 0 Å². The van der Waals surface area contributed by atoms with Crippen molar-refractivity contribution in [2.75, 3.05) is 23.3 Å². The van der Waals surface area contributed by atoms with E-state index in [9.17, 15) is 9.59 Å². The lowest BCUT2D eigenvalue weighted by atomic mass is 10.2. The Morgan fingerprint density at radius 3 is 2.90 bits per heavy atom. The first-order valence-electron chi connectivity index (χ1n) is 7.66. The Bertz CT molecular complexity index is 502. The SMILES string of the molecule is CCCCCNC(=O)Nc1cccc(N2CCCC2=O)c1. The molecule has 1 aliphatic heterocycles. The molecule has 1 saturated heterocycles. The summed E-state index contributed by atoms with van der Waals surface area (Å²) >= 11 is 0. The van der Waals surface area contributed by atoms with E-state index in [0.29, 0.717) is 18.7 Å². The van der Waals surface area contributed by atoms with E-state index >= 15 is 0 Å². The van der Waals surface area contributed by atoms with Crippen molar-refractivity contribution in [3.05, 3.63) is 24.3 Å². The molecule has 2 rings (SSSR count). The van der Waals surface area contributed by atoms with Crippen molar-refractivity contribution in [1.82, 2.24) is 5.32 Å². The van der Waals surface area contributed by atoms with Gasteiger partial charge in [0.2, 0.25) is 5.91 Å². The summed E-state index contributed by atoms with van der Waals surface area (Å²) in [4.78, 5) is 25.3. The van der Waals surface area contributed by atoms with Crippen molar-refractivity contribution in [3.8, 4) is 0 Å². The minimum atomic E-state index is -0.198. The van der Waals surface area contributed by atoms with Gasteiger partial charge in [-0.2, -0.15) is 0 Å². The topological polar surface area (TPSA) is 61.4 Å². The first-order chi connectivity index (χ1) is 10.2. The molecule has 1 heterocycles. The highest BCUT2D eigenvalue weighted by molar-refractivity contribution is 5.96. The first-order valence-corrected chi connectivity index (χ1v) is 7.66. The van der Waals surface area contributed by atoms with Crippen molar-refractivity contribution in [3.63, 3.8) is 0 Å². The van der Waals surface area contributed by atoms with Gasteiger partial charge in [0.05, 0.1) is 0 Å². The zero-order valence-electron chi connectivity index (χ0n) is 12.5. The number of carbonyl (C=O) groups is 2. The van der Waals surface area contributed by atoms with Crippen LogP contribution in [0.25, 0.3) is 0 Å². The van der Waals surface area contributed by atoms with E-state index in [2.05, 4.69) is 17.6 Å². The molecule has 21 heavy (non-hydrogen) atoms. The Morgan fingerprint density at radius 2 is 2.19 bits per heavy atom. The predicted octanol–water partition coefficient (Wildman–Crippen LogP) is 3.13. The Labute approximate surface area is 125 Å². The number of carbonyl (C=O) groups excluding carboxylic acids is 2. The lowest BCUT2D eigenvalue weighted by molar-refractivity contribution is -0.117. The molecule has 3 amide bonds. The number of hydrogen-bond donors (Lipinski definition) is 2. The monoisotopic (exact) mass is 289 g/mol. The molecule has 0 saturated carbocycles. The molecule has 0 bridgehead atoms. The third kappa shape index (κ3) is 4.48. The number of benzene rings is 1. The number of anilines is 2. The second-order valence-corrected chi connectivity index (χ2v) is 5.29. The molecule has 5 nitrogen and oxygen atoms in total. The largest absolute Gasteiger partial charge is 0.338 e. The van der Waals surface area contributed by atoms with Gasteiger partial charge in [0, 0.05) is 30.9 Å². The number of amides is 3. The van der Waals surface area contributed by atoms with Crippen LogP contribution in [0.15, 0.2) is 24.3 Å². The summed E-state index contributed by atoms with van der Waals surface area (Å²) in [5.41, 5.74) is 1.56. The van der Waals surface area contributed by atoms with Gasteiger partial charge in [-0.1, -0.05) is 25.8 Å². The Morgan fingerprint density at radius 1 is 1.33 bits per heavy atom. The van der Waals surface area contributed by atoms with Crippen LogP contribution < -0.4 is 15.5 Å². The van der Waals surface area contributed by atoms with Gasteiger partial charge in [-0.15, -0.1) is 0 Å². The summed E-state index contributed by atoms with van der Waals surface area (Å²) in [5.74, 6) is 0.149. The summed E-state index contributed by atoms with van der Waals surface area (Å²) in [6, 6.07) is 7.22. The number of nitrogens with zero attached hydrogens (tertiary/aromatic N) is 1. The maximum atomic E-state index is 11.8. The molecule has 0 atom stereocenters. The molecule has 0 spiro atoms. The maximum absolute atomic E-state index is 11.8. The van der Waals surface area contributed by atoms with E-state index in [4.69, 9.17) is 0 Å². The summed E-state index contributed by atoms with van der Waals surface area (Å²) in [7, 11) is 0. The average molecular weight is 289 g/mol. The van der Waals surface area contributed by atoms with E-state index < -0.39 is 0 Å². The number of hydrogen-bond acceptors (Lipinski definition) is 2. The van der Waals surface area contributed by atoms with Crippen LogP contribution in [0.5, 0.6) is 0 Å². The Hall–Kier alpha value is -2.04. The minimum Gasteiger partial charge on any atom is -0.338 e. The average Bonchev–Trinajstić information content (AvgIpc) is 2.90. The van der Waals surface area contributed by atoms with Crippen molar-refractivity contribution < 1.29 is 9.59 Å². The van der Waals surface area contributed by atoms with Crippen molar-refractivity contribution >= 4 is 23.3 Å². The summed E-state index contributed by atoms with van der Waals surface area (Å²) < 4.78 is 0. The van der Waals surface area contributed by atoms with Gasteiger partial charge in [0.15, 0.2) is 0 Å². The fourth-order valence-corrected chi connectivity index (χ4v) is 2.42. The van der Waals surface area contributed by atoms with Crippen LogP contribution in [0.4, 0.5) is 16.2 Å². The van der Waals surface area contributed by atoms with Gasteiger partial charge in [0.1, 0.15) is 0 Å². The highest BCUT2D eigenvalue weighted by atomic mass is 16.2. The molecule has 1 aromatic carbocycles. The lowest BCUT2D eigenvalue weighted by Gasteiger charge is -2.17. The van der Waals surface area contributed by atoms with Gasteiger partial charge in [0.25, 0.3) is 0 Å². The third-order valence-electron chi connectivity index (χ3n) is 3.56. The van der Waals surface area contributed by atoms with Gasteiger partial charge in [-0.3, -0.25) is 4.79 Å². The molecular weight excluding hydrogens is 266 g/mol. The molecular formula is C16H23N3O2. The van der Waals surface area contributed by atoms with Crippen LogP contribution in [0.3, 0.4) is 0 Å². The number of nitrogens with one attached hydrogen (secondary N) is 2. The molecule has 0 aliphatic carbocycles. The highest BCUT2D eigenvalue weighted by Crippen LogP contribution is 2.24. The zero-order valence-corrected chi connectivity index (χ0v) is 12.5. The van der Waals surface area contributed by atoms with Gasteiger partial charge in [-0.25, -0.2) is 4.79 Å². The second kappa shape index (κ2) is 7.67. The molecule has 0 unspecified atom stereocenters. The third-order valence-corrected chi connectivity index (χ3v) is 3.56. The van der Waals surface area contributed by atoms with Crippen LogP contribution in [0.1, 0.15) is 39.0 Å². The second-order valence-electron chi connectivity index (χ2n) is 5.29. The highest BCUT2D eigenvalue weighted by Gasteiger charge is 2.21. The van der Waals surface area contributed by atoms with Crippen LogP contribution in [0, 0.1) is 0 Å². The number of unbranched alkanes of at least 4 members (excludes halogenated alkanes) is 2. The molecule has 1 aliphatic rings. The molecule has 114 valence electrons. The standard InChI is InChI=1S/C16H23N3O2/c1-2-3-4-10-17-16(21)18-13-7-5-8-14(12-13)19-11-6-9-15(19)20/h5,7-8,12H,2-4,6,9-11H2,1H3,(H2,17,18,21). The zero-order chi connectivity index (χ0) is 15.1. The number of urea groups is 1. The van der Waals surface area contributed by atoms with Crippen LogP contribution >= 0.6 is 0 Å². The van der Waals surface area contributed by atoms with E-state index in [1.54, 1.807) is 4.90 Å². The van der Waals surface area contributed by atoms with Crippen molar-refractivity contribution in [1.29, 1.82) is 0 Å². The molecule has 5 heteroatoms. The fourth-order valence-electron chi connectivity index (χ4n) is 2.42. The first kappa shape index (κ1) is 15.4. The normalized spacial score (nSPS) is 14.3. The van der Waals surface area contributed by atoms with E-state index in [0.717, 1.165) is 37.9 Å².